The molecule has 0 heterocycles. The molecule has 0 fully saturated rings. The quantitative estimate of drug-likeness (QED) is 0.643. The van der Waals surface area contributed by atoms with Gasteiger partial charge in [-0.2, -0.15) is 0 Å². The highest BCUT2D eigenvalue weighted by Crippen LogP contribution is 1.46. The largest absolute Gasteiger partial charge is 0.331 e. The molecule has 0 rings (SSSR count). The molecule has 2 nitrogen and oxygen atoms in total. The van der Waals surface area contributed by atoms with Crippen LogP contribution in [0.25, 0.3) is 0 Å². The van der Waals surface area contributed by atoms with Crippen molar-refractivity contribution in [2.24, 2.45) is 0 Å². The third-order valence-electron chi connectivity index (χ3n) is 0. The van der Waals surface area contributed by atoms with Crippen molar-refractivity contribution < 1.29 is 6.87 Å². The maximum Gasteiger partial charge on any atom is 0.106 e. The Morgan fingerprint density at radius 2 is 0.750 bits per heavy atom. The third-order valence-corrected chi connectivity index (χ3v) is 0. The summed E-state index contributed by atoms with van der Waals surface area (Å²) in [6.45, 7) is 0. The van der Waals surface area contributed by atoms with Crippen LogP contribution < -0.4 is 0 Å². The monoisotopic (exact) mass is 288 g/mol. The molecule has 2 N–H and O–H groups in total. The molecule has 4 heavy (non-hydrogen) atoms. The van der Waals surface area contributed by atoms with E-state index in [1.807, 2.05) is 0 Å². The lowest BCUT2D eigenvalue weighted by Crippen LogP contribution is -0.862. The Labute approximate surface area is 52.6 Å². The Morgan fingerprint density at radius 1 is 0.750 bits per heavy atom. The summed E-state index contributed by atoms with van der Waals surface area (Å²) in [7, 11) is 0. The first-order valence-corrected chi connectivity index (χ1v) is 2.27. The number of halogens is 2. The van der Waals surface area contributed by atoms with Gasteiger partial charge in [-0.05, 0) is 0 Å². The standard InChI is InChI=1S/2HIO/c2*1-2/h2*2H. The van der Waals surface area contributed by atoms with Gasteiger partial charge in [0.05, 0.1) is 0 Å². The maximum atomic E-state index is 6.97. The summed E-state index contributed by atoms with van der Waals surface area (Å²) >= 11 is 2.30. The average molecular weight is 288 g/mol. The summed E-state index contributed by atoms with van der Waals surface area (Å²) in [5.74, 6) is 0. The zero-order valence-electron chi connectivity index (χ0n) is 1.65. The van der Waals surface area contributed by atoms with Gasteiger partial charge in [0.1, 0.15) is 46.0 Å². The van der Waals surface area contributed by atoms with E-state index in [2.05, 4.69) is 0 Å². The van der Waals surface area contributed by atoms with Gasteiger partial charge in [0.15, 0.2) is 0 Å². The zero-order chi connectivity index (χ0) is 4.00. The van der Waals surface area contributed by atoms with Gasteiger partial charge in [0.25, 0.3) is 0 Å². The minimum absolute atomic E-state index is 1.15. The first-order chi connectivity index (χ1) is 2.00. The van der Waals surface area contributed by atoms with Crippen molar-refractivity contribution in [1.29, 1.82) is 0 Å². The van der Waals surface area contributed by atoms with E-state index in [-0.39, 0.29) is 0 Å². The zero-order valence-corrected chi connectivity index (χ0v) is 5.97. The SMILES string of the molecule is OI.OI. The third kappa shape index (κ3) is 10.1. The van der Waals surface area contributed by atoms with Crippen molar-refractivity contribution in [2.75, 3.05) is 0 Å². The fraction of sp³-hybridized carbons (Fsp3) is 0. The molecule has 0 amide bonds. The van der Waals surface area contributed by atoms with Crippen molar-refractivity contribution >= 4 is 46.0 Å². The molecule has 0 saturated carbocycles. The number of hydrogen-bond donors (Lipinski definition) is 2. The molecule has 0 radical (unpaired) electrons. The Balaban J connectivity index is 0. The van der Waals surface area contributed by atoms with E-state index in [1.54, 1.807) is 0 Å². The molecule has 0 aliphatic rings. The molecular weight excluding hydrogens is 286 g/mol. The highest BCUT2D eigenvalue weighted by molar-refractivity contribution is 14.1. The van der Waals surface area contributed by atoms with Gasteiger partial charge in [0.2, 0.25) is 0 Å². The first-order valence-electron chi connectivity index (χ1n) is 0.338. The van der Waals surface area contributed by atoms with E-state index >= 15 is 0 Å². The fourth-order valence-corrected chi connectivity index (χ4v) is 0. The molecular formula is H2I2O2. The molecule has 0 aliphatic heterocycles. The van der Waals surface area contributed by atoms with Crippen molar-refractivity contribution in [3.63, 3.8) is 0 Å². The van der Waals surface area contributed by atoms with Crippen LogP contribution in [0.2, 0.25) is 0 Å². The van der Waals surface area contributed by atoms with Crippen LogP contribution in [0.15, 0.2) is 0 Å². The summed E-state index contributed by atoms with van der Waals surface area (Å²) < 4.78 is 13.9. The molecule has 0 aromatic heterocycles. The Hall–Kier alpha value is 1.38. The van der Waals surface area contributed by atoms with E-state index in [1.165, 1.54) is 0 Å². The van der Waals surface area contributed by atoms with E-state index in [0.29, 0.717) is 0 Å². The van der Waals surface area contributed by atoms with Crippen molar-refractivity contribution in [1.82, 2.24) is 0 Å². The van der Waals surface area contributed by atoms with Gasteiger partial charge < -0.3 is 6.87 Å². The summed E-state index contributed by atoms with van der Waals surface area (Å²) in [6.07, 6.45) is 0. The van der Waals surface area contributed by atoms with Gasteiger partial charge in [-0.15, -0.1) is 0 Å². The Bertz CT molecular complexity index is 4.00. The van der Waals surface area contributed by atoms with E-state index < -0.39 is 0 Å². The van der Waals surface area contributed by atoms with Crippen LogP contribution in [-0.2, 0) is 0 Å². The van der Waals surface area contributed by atoms with E-state index in [4.69, 9.17) is 6.87 Å². The van der Waals surface area contributed by atoms with Crippen LogP contribution in [0, 0.1) is 0 Å². The highest BCUT2D eigenvalue weighted by Gasteiger charge is 0.913. The topological polar surface area (TPSA) is 40.5 Å². The van der Waals surface area contributed by atoms with Crippen LogP contribution in [0.4, 0.5) is 0 Å². The lowest BCUT2D eigenvalue weighted by atomic mass is 16.0. The molecule has 0 aromatic carbocycles. The lowest BCUT2D eigenvalue weighted by Gasteiger charge is -1.14. The second kappa shape index (κ2) is 26.3. The van der Waals surface area contributed by atoms with Gasteiger partial charge in [-0.3, -0.25) is 0 Å². The van der Waals surface area contributed by atoms with E-state index in [9.17, 15) is 0 Å². The lowest BCUT2D eigenvalue weighted by molar-refractivity contribution is 0.748. The van der Waals surface area contributed by atoms with Crippen LogP contribution in [0.1, 0.15) is 0 Å². The van der Waals surface area contributed by atoms with E-state index in [0.717, 1.165) is 46.0 Å². The average Bonchev–Trinajstić information content (AvgIpc) is 1.50. The van der Waals surface area contributed by atoms with Gasteiger partial charge >= 0.3 is 0 Å². The predicted octanol–water partition coefficient (Wildman–Crippen LogP) is 0.657. The highest BCUT2D eigenvalue weighted by atomic mass is 127. The van der Waals surface area contributed by atoms with Crippen molar-refractivity contribution in [3.8, 4) is 0 Å². The van der Waals surface area contributed by atoms with Crippen LogP contribution >= 0.6 is 46.0 Å². The molecule has 28 valence electrons. The number of rotatable bonds is 0. The molecule has 0 unspecified atom stereocenters. The molecule has 0 bridgehead atoms. The second-order valence-electron chi connectivity index (χ2n) is 0. The normalized spacial score (nSPS) is 3.00. The Kier molecular flexibility index (Phi) is 59.3. The van der Waals surface area contributed by atoms with Crippen LogP contribution in [0.5, 0.6) is 0 Å². The fourth-order valence-electron chi connectivity index (χ4n) is 0. The van der Waals surface area contributed by atoms with Gasteiger partial charge in [0, 0.05) is 0 Å². The van der Waals surface area contributed by atoms with Gasteiger partial charge in [-0.25, -0.2) is 0 Å². The minimum atomic E-state index is 1.15. The molecule has 0 aromatic rings. The molecule has 0 spiro atoms. The first kappa shape index (κ1) is 9.03. The molecule has 4 heteroatoms. The van der Waals surface area contributed by atoms with Crippen molar-refractivity contribution in [3.05, 3.63) is 0 Å². The summed E-state index contributed by atoms with van der Waals surface area (Å²) in [6, 6.07) is 0. The van der Waals surface area contributed by atoms with Crippen molar-refractivity contribution in [2.45, 2.75) is 0 Å². The molecule has 0 aliphatic carbocycles. The predicted molar refractivity (Wildman–Crippen MR) is 32.5 cm³/mol. The number of hydrogen-bond acceptors (Lipinski definition) is 2. The summed E-state index contributed by atoms with van der Waals surface area (Å²) in [5, 5.41) is 0. The Morgan fingerprint density at radius 3 is 0.750 bits per heavy atom. The van der Waals surface area contributed by atoms with Gasteiger partial charge in [-0.1, -0.05) is 0 Å². The summed E-state index contributed by atoms with van der Waals surface area (Å²) in [5.41, 5.74) is 0. The minimum Gasteiger partial charge on any atom is -0.331 e. The van der Waals surface area contributed by atoms with Crippen LogP contribution in [0.3, 0.4) is 0 Å². The summed E-state index contributed by atoms with van der Waals surface area (Å²) in [4.78, 5) is 0. The molecule has 0 saturated heterocycles. The second-order valence-corrected chi connectivity index (χ2v) is 0. The smallest absolute Gasteiger partial charge is 0.106 e. The maximum absolute atomic E-state index is 6.97. The van der Waals surface area contributed by atoms with Crippen LogP contribution in [-0.4, -0.2) is 6.87 Å². The molecule has 0 atom stereocenters.